The third-order valence-corrected chi connectivity index (χ3v) is 17.9. The normalized spacial score (nSPS) is 39.1. The van der Waals surface area contributed by atoms with Crippen LogP contribution in [0.15, 0.2) is 12.2 Å². The van der Waals surface area contributed by atoms with Crippen molar-refractivity contribution in [2.45, 2.75) is 158 Å². The maximum absolute atomic E-state index is 14.3. The first-order valence-corrected chi connectivity index (χ1v) is 22.3. The van der Waals surface area contributed by atoms with Gasteiger partial charge in [0.05, 0.1) is 12.8 Å². The minimum absolute atomic E-state index is 0.00520. The van der Waals surface area contributed by atoms with Gasteiger partial charge in [0.1, 0.15) is 6.10 Å². The van der Waals surface area contributed by atoms with Crippen LogP contribution in [0.25, 0.3) is 0 Å². The Kier molecular flexibility index (Phi) is 12.1. The molecule has 9 heteroatoms. The molecule has 0 aromatic heterocycles. The number of amides is 2. The number of carbonyl (C=O) groups excluding carboxylic acids is 3. The Balaban J connectivity index is 1.17. The SMILES string of the molecule is C=C(C)[C@@H]1CC[C@]2(CC(=O)N3CCN(C(=O)CCCOC)CC3)CC[C@]3(C)[C@H](CC[C@@H]4[C@@]5(C)CC[C@H](OC(=O)CC(C)(C)CC(=O)O)C(C)(C)[C@@H]5CC[C@]43C)[C@@H]12. The van der Waals surface area contributed by atoms with Crippen LogP contribution in [0.1, 0.15) is 152 Å². The van der Waals surface area contributed by atoms with Gasteiger partial charge in [-0.1, -0.05) is 60.6 Å². The summed E-state index contributed by atoms with van der Waals surface area (Å²) in [6, 6.07) is 0. The van der Waals surface area contributed by atoms with E-state index in [2.05, 4.69) is 53.0 Å². The van der Waals surface area contributed by atoms with E-state index in [9.17, 15) is 24.3 Å². The van der Waals surface area contributed by atoms with Crippen LogP contribution in [0.3, 0.4) is 0 Å². The average molecular weight is 781 g/mol. The zero-order valence-electron chi connectivity index (χ0n) is 36.6. The molecule has 0 aromatic rings. The third-order valence-electron chi connectivity index (χ3n) is 17.9. The molecule has 1 saturated heterocycles. The molecule has 5 saturated carbocycles. The highest BCUT2D eigenvalue weighted by molar-refractivity contribution is 5.79. The first kappa shape index (κ1) is 43.2. The van der Waals surface area contributed by atoms with Gasteiger partial charge in [0.2, 0.25) is 11.8 Å². The Labute approximate surface area is 338 Å². The van der Waals surface area contributed by atoms with E-state index in [4.69, 9.17) is 9.47 Å². The minimum atomic E-state index is -0.889. The first-order valence-electron chi connectivity index (χ1n) is 22.3. The number of piperazine rings is 1. The van der Waals surface area contributed by atoms with Crippen LogP contribution in [0.5, 0.6) is 0 Å². The number of esters is 1. The standard InChI is InChI=1S/C47H76N2O7/c1-31(2)32-15-20-47(28-38(51)49-25-23-48(24-26-49)37(50)12-11-27-55-10)22-21-45(8)33(41(32)47)13-14-35-44(7)18-17-36(43(5,6)34(44)16-19-46(35,45)9)56-40(54)30-42(3,4)29-39(52)53/h32-36,41H,1,11-30H2,2-10H3,(H,52,53)/t32-,33+,34-,35+,36-,41+,44-,45+,46+,47+/m0/s1. The van der Waals surface area contributed by atoms with E-state index in [1.807, 2.05) is 18.7 Å². The number of methoxy groups -OCH3 is 1. The van der Waals surface area contributed by atoms with E-state index in [0.717, 1.165) is 51.4 Å². The van der Waals surface area contributed by atoms with Crippen LogP contribution in [0, 0.1) is 62.1 Å². The number of nitrogens with zero attached hydrogens (tertiary/aromatic N) is 2. The highest BCUT2D eigenvalue weighted by Crippen LogP contribution is 2.78. The van der Waals surface area contributed by atoms with Gasteiger partial charge in [-0.05, 0) is 134 Å². The fraction of sp³-hybridized carbons (Fsp3) is 0.872. The molecule has 0 bridgehead atoms. The quantitative estimate of drug-likeness (QED) is 0.120. The molecule has 9 nitrogen and oxygen atoms in total. The Morgan fingerprint density at radius 3 is 2.07 bits per heavy atom. The largest absolute Gasteiger partial charge is 0.481 e. The van der Waals surface area contributed by atoms with E-state index < -0.39 is 11.4 Å². The van der Waals surface area contributed by atoms with E-state index in [0.29, 0.717) is 75.2 Å². The van der Waals surface area contributed by atoms with Crippen LogP contribution in [-0.4, -0.2) is 84.7 Å². The average Bonchev–Trinajstić information content (AvgIpc) is 3.48. The van der Waals surface area contributed by atoms with E-state index in [-0.39, 0.29) is 63.8 Å². The van der Waals surface area contributed by atoms with Crippen molar-refractivity contribution in [3.8, 4) is 0 Å². The maximum Gasteiger partial charge on any atom is 0.306 e. The van der Waals surface area contributed by atoms with Crippen molar-refractivity contribution in [1.82, 2.24) is 9.80 Å². The van der Waals surface area contributed by atoms with Crippen molar-refractivity contribution >= 4 is 23.8 Å². The molecule has 1 N–H and O–H groups in total. The smallest absolute Gasteiger partial charge is 0.306 e. The van der Waals surface area contributed by atoms with Crippen LogP contribution >= 0.6 is 0 Å². The van der Waals surface area contributed by atoms with Gasteiger partial charge in [0.25, 0.3) is 0 Å². The summed E-state index contributed by atoms with van der Waals surface area (Å²) >= 11 is 0. The molecule has 6 fully saturated rings. The number of allylic oxidation sites excluding steroid dienone is 1. The van der Waals surface area contributed by atoms with Gasteiger partial charge in [-0.25, -0.2) is 0 Å². The number of hydrogen-bond acceptors (Lipinski definition) is 6. The van der Waals surface area contributed by atoms with Crippen molar-refractivity contribution < 1.29 is 33.8 Å². The topological polar surface area (TPSA) is 113 Å². The fourth-order valence-corrected chi connectivity index (χ4v) is 15.0. The number of hydrogen-bond donors (Lipinski definition) is 1. The molecule has 56 heavy (non-hydrogen) atoms. The molecular formula is C47H76N2O7. The number of aliphatic carboxylic acids is 1. The highest BCUT2D eigenvalue weighted by atomic mass is 16.5. The van der Waals surface area contributed by atoms with Gasteiger partial charge in [-0.2, -0.15) is 0 Å². The molecule has 6 aliphatic rings. The number of carboxylic acid groups (broad SMARTS) is 1. The molecular weight excluding hydrogens is 705 g/mol. The van der Waals surface area contributed by atoms with Crippen LogP contribution < -0.4 is 0 Å². The van der Waals surface area contributed by atoms with Crippen LogP contribution in [0.4, 0.5) is 0 Å². The first-order chi connectivity index (χ1) is 26.1. The Morgan fingerprint density at radius 1 is 0.786 bits per heavy atom. The predicted octanol–water partition coefficient (Wildman–Crippen LogP) is 8.93. The van der Waals surface area contributed by atoms with E-state index in [1.54, 1.807) is 7.11 Å². The molecule has 0 aromatic carbocycles. The molecule has 0 spiro atoms. The molecule has 1 heterocycles. The van der Waals surface area contributed by atoms with Crippen LogP contribution in [-0.2, 0) is 28.7 Å². The molecule has 10 atom stereocenters. The number of rotatable bonds is 12. The lowest BCUT2D eigenvalue weighted by molar-refractivity contribution is -0.250. The van der Waals surface area contributed by atoms with Crippen molar-refractivity contribution in [3.63, 3.8) is 0 Å². The minimum Gasteiger partial charge on any atom is -0.481 e. The lowest BCUT2D eigenvalue weighted by Gasteiger charge is -2.73. The van der Waals surface area contributed by atoms with Gasteiger partial charge in [0.15, 0.2) is 0 Å². The van der Waals surface area contributed by atoms with Crippen molar-refractivity contribution in [3.05, 3.63) is 12.2 Å². The maximum atomic E-state index is 14.3. The summed E-state index contributed by atoms with van der Waals surface area (Å²) in [7, 11) is 1.67. The van der Waals surface area contributed by atoms with Crippen LogP contribution in [0.2, 0.25) is 0 Å². The fourth-order valence-electron chi connectivity index (χ4n) is 15.0. The zero-order valence-corrected chi connectivity index (χ0v) is 36.6. The number of fused-ring (bicyclic) bond motifs is 7. The highest BCUT2D eigenvalue weighted by Gasteiger charge is 2.71. The van der Waals surface area contributed by atoms with E-state index >= 15 is 0 Å². The predicted molar refractivity (Wildman–Crippen MR) is 218 cm³/mol. The summed E-state index contributed by atoms with van der Waals surface area (Å²) in [5.41, 5.74) is 0.940. The van der Waals surface area contributed by atoms with Crippen molar-refractivity contribution in [2.75, 3.05) is 39.9 Å². The Morgan fingerprint density at radius 2 is 1.45 bits per heavy atom. The summed E-state index contributed by atoms with van der Waals surface area (Å²) in [6.45, 7) is 26.1. The lowest BCUT2D eigenvalue weighted by Crippen LogP contribution is -2.67. The number of carbonyl (C=O) groups is 4. The lowest BCUT2D eigenvalue weighted by atomic mass is 9.32. The van der Waals surface area contributed by atoms with Gasteiger partial charge in [0, 0.05) is 58.2 Å². The summed E-state index contributed by atoms with van der Waals surface area (Å²) in [6.07, 6.45) is 12.8. The second-order valence-electron chi connectivity index (χ2n) is 21.8. The zero-order chi connectivity index (χ0) is 41.1. The molecule has 1 aliphatic heterocycles. The molecule has 316 valence electrons. The Hall–Kier alpha value is -2.42. The number of ether oxygens (including phenoxy) is 2. The monoisotopic (exact) mass is 781 g/mol. The van der Waals surface area contributed by atoms with Crippen molar-refractivity contribution in [2.24, 2.45) is 62.1 Å². The van der Waals surface area contributed by atoms with Crippen molar-refractivity contribution in [1.29, 1.82) is 0 Å². The Bertz CT molecular complexity index is 1530. The van der Waals surface area contributed by atoms with Gasteiger partial charge in [-0.3, -0.25) is 19.2 Å². The van der Waals surface area contributed by atoms with Gasteiger partial charge >= 0.3 is 11.9 Å². The second-order valence-corrected chi connectivity index (χ2v) is 21.8. The number of carboxylic acids is 1. The second kappa shape index (κ2) is 15.6. The molecule has 0 radical (unpaired) electrons. The van der Waals surface area contributed by atoms with Gasteiger partial charge in [-0.15, -0.1) is 0 Å². The summed E-state index contributed by atoms with van der Waals surface area (Å²) in [5, 5.41) is 9.37. The summed E-state index contributed by atoms with van der Waals surface area (Å²) < 4.78 is 11.4. The molecule has 6 rings (SSSR count). The molecule has 2 amide bonds. The van der Waals surface area contributed by atoms with E-state index in [1.165, 1.54) is 24.8 Å². The molecule has 5 aliphatic carbocycles. The third kappa shape index (κ3) is 7.51. The summed E-state index contributed by atoms with van der Waals surface area (Å²) in [4.78, 5) is 55.8. The molecule has 0 unspecified atom stereocenters. The summed E-state index contributed by atoms with van der Waals surface area (Å²) in [5.74, 6) is 1.76. The van der Waals surface area contributed by atoms with Gasteiger partial charge < -0.3 is 24.4 Å².